The number of urea groups is 1. The molecule has 0 radical (unpaired) electrons. The molecule has 0 saturated heterocycles. The van der Waals surface area contributed by atoms with Crippen LogP contribution in [0.5, 0.6) is 0 Å². The lowest BCUT2D eigenvalue weighted by atomic mass is 9.80. The van der Waals surface area contributed by atoms with Gasteiger partial charge in [-0.3, -0.25) is 4.90 Å². The number of fused-ring (bicyclic) bond motifs is 2. The molecule has 0 fully saturated rings. The number of halogens is 11. The summed E-state index contributed by atoms with van der Waals surface area (Å²) < 4.78 is 145. The quantitative estimate of drug-likeness (QED) is 0.390. The minimum absolute atomic E-state index is 0.0178. The van der Waals surface area contributed by atoms with Gasteiger partial charge >= 0.3 is 30.6 Å². The van der Waals surface area contributed by atoms with Gasteiger partial charge in [-0.05, 0) is 36.2 Å². The average Bonchev–Trinajstić information content (AvgIpc) is 3.12. The molecule has 4 rings (SSSR count). The summed E-state index contributed by atoms with van der Waals surface area (Å²) in [6.07, 6.45) is -15.6. The molecule has 1 aliphatic heterocycles. The molecule has 2 atom stereocenters. The summed E-state index contributed by atoms with van der Waals surface area (Å²) >= 11 is 0. The zero-order valence-corrected chi connectivity index (χ0v) is 18.5. The number of aromatic nitrogens is 1. The van der Waals surface area contributed by atoms with E-state index in [1.54, 1.807) is 5.32 Å². The van der Waals surface area contributed by atoms with Crippen LogP contribution in [0.4, 0.5) is 53.1 Å². The first-order chi connectivity index (χ1) is 16.8. The first kappa shape index (κ1) is 27.0. The van der Waals surface area contributed by atoms with Crippen LogP contribution in [0.2, 0.25) is 0 Å². The Hall–Kier alpha value is -3.04. The molecule has 2 unspecified atom stereocenters. The highest BCUT2D eigenvalue weighted by Crippen LogP contribution is 2.45. The third-order valence-electron chi connectivity index (χ3n) is 6.25. The van der Waals surface area contributed by atoms with E-state index in [0.717, 1.165) is 0 Å². The Morgan fingerprint density at radius 2 is 1.73 bits per heavy atom. The van der Waals surface area contributed by atoms with Crippen LogP contribution in [0.25, 0.3) is 16.5 Å². The first-order valence-electron chi connectivity index (χ1n) is 10.5. The molecule has 0 spiro atoms. The number of carbonyl (C=O) groups is 1. The van der Waals surface area contributed by atoms with E-state index in [-0.39, 0.29) is 29.4 Å². The van der Waals surface area contributed by atoms with Gasteiger partial charge in [0.2, 0.25) is 0 Å². The van der Waals surface area contributed by atoms with Gasteiger partial charge in [-0.25, -0.2) is 9.69 Å². The molecule has 2 N–H and O–H groups in total. The van der Waals surface area contributed by atoms with Crippen molar-refractivity contribution in [2.24, 2.45) is 0 Å². The molecule has 2 amide bonds. The number of carbonyl (C=O) groups excluding carboxylic acids is 1. The van der Waals surface area contributed by atoms with Gasteiger partial charge in [0.25, 0.3) is 0 Å². The van der Waals surface area contributed by atoms with Crippen molar-refractivity contribution >= 4 is 22.5 Å². The molecule has 16 heteroatoms. The maximum atomic E-state index is 13.8. The Morgan fingerprint density at radius 1 is 1.08 bits per heavy atom. The number of rotatable bonds is 3. The zero-order chi connectivity index (χ0) is 27.7. The second kappa shape index (κ2) is 8.49. The number of likely N-dealkylation sites (N-methyl/N-ethyl adjacent to an activating group) is 1. The molecule has 204 valence electrons. The van der Waals surface area contributed by atoms with Crippen LogP contribution in [-0.4, -0.2) is 71.4 Å². The average molecular weight is 550 g/mol. The van der Waals surface area contributed by atoms with E-state index >= 15 is 0 Å². The number of nitrogens with one attached hydrogen (secondary N) is 2. The highest BCUT2D eigenvalue weighted by Gasteiger charge is 2.65. The molecular weight excluding hydrogens is 533 g/mol. The van der Waals surface area contributed by atoms with Crippen molar-refractivity contribution in [2.45, 2.75) is 43.1 Å². The van der Waals surface area contributed by atoms with E-state index in [1.165, 1.54) is 36.2 Å². The topological polar surface area (TPSA) is 51.4 Å². The number of aromatic amines is 1. The van der Waals surface area contributed by atoms with Crippen LogP contribution >= 0.6 is 0 Å². The molecule has 1 aromatic carbocycles. The van der Waals surface area contributed by atoms with Crippen molar-refractivity contribution < 1.29 is 53.1 Å². The highest BCUT2D eigenvalue weighted by atomic mass is 19.4. The number of nitrogens with zero attached hydrogens (tertiary/aromatic N) is 2. The molecule has 0 saturated carbocycles. The summed E-state index contributed by atoms with van der Waals surface area (Å²) in [6.45, 7) is -3.16. The van der Waals surface area contributed by atoms with Gasteiger partial charge in [0.1, 0.15) is 12.2 Å². The van der Waals surface area contributed by atoms with E-state index < -0.39 is 59.8 Å². The van der Waals surface area contributed by atoms with Gasteiger partial charge in [0.15, 0.2) is 0 Å². The maximum absolute atomic E-state index is 13.8. The van der Waals surface area contributed by atoms with E-state index in [0.29, 0.717) is 11.1 Å². The van der Waals surface area contributed by atoms with E-state index in [4.69, 9.17) is 0 Å². The van der Waals surface area contributed by atoms with Gasteiger partial charge in [-0.1, -0.05) is 18.2 Å². The Kier molecular flexibility index (Phi) is 6.20. The molecule has 0 bridgehead atoms. The summed E-state index contributed by atoms with van der Waals surface area (Å²) in [5, 5.41) is 1.99. The first-order valence-corrected chi connectivity index (χ1v) is 10.5. The van der Waals surface area contributed by atoms with Crippen LogP contribution in [0.15, 0.2) is 24.3 Å². The lowest BCUT2D eigenvalue weighted by Gasteiger charge is -2.41. The summed E-state index contributed by atoms with van der Waals surface area (Å²) in [5.41, 5.74) is -0.177. The molecular formula is C21H17F11N4O. The van der Waals surface area contributed by atoms with Crippen molar-refractivity contribution in [3.63, 3.8) is 0 Å². The zero-order valence-electron chi connectivity index (χ0n) is 18.5. The van der Waals surface area contributed by atoms with Crippen LogP contribution in [-0.2, 0) is 12.6 Å². The van der Waals surface area contributed by atoms with Crippen molar-refractivity contribution in [3.8, 4) is 0 Å². The van der Waals surface area contributed by atoms with Gasteiger partial charge in [0.05, 0.1) is 6.04 Å². The summed E-state index contributed by atoms with van der Waals surface area (Å²) in [6, 6.07) is -6.15. The number of alkyl halides is 11. The third-order valence-corrected chi connectivity index (χ3v) is 6.25. The minimum atomic E-state index is -6.48. The maximum Gasteiger partial charge on any atom is 0.475 e. The third kappa shape index (κ3) is 4.82. The Morgan fingerprint density at radius 3 is 2.30 bits per heavy atom. The normalized spacial score (nSPS) is 21.0. The number of H-pyrrole nitrogens is 1. The fraction of sp³-hybridized carbons (Fsp3) is 0.476. The lowest BCUT2D eigenvalue weighted by Crippen LogP contribution is -2.62. The Bertz CT molecular complexity index is 1240. The second-order valence-electron chi connectivity index (χ2n) is 8.78. The monoisotopic (exact) mass is 550 g/mol. The van der Waals surface area contributed by atoms with E-state index in [2.05, 4.69) is 4.98 Å². The molecule has 1 aromatic heterocycles. The Balaban J connectivity index is 1.71. The SMILES string of the molecule is CN1CC(NC(=O)N(CC(F)(F)F)C(F)(F)C(F)(F)F)C=C2c3cccc4[nH]c(C(F)(F)F)c(c34)CC21. The Labute approximate surface area is 200 Å². The van der Waals surface area contributed by atoms with Gasteiger partial charge in [-0.15, -0.1) is 0 Å². The van der Waals surface area contributed by atoms with Gasteiger partial charge in [0, 0.05) is 23.5 Å². The molecule has 37 heavy (non-hydrogen) atoms. The van der Waals surface area contributed by atoms with Crippen LogP contribution in [0, 0.1) is 0 Å². The van der Waals surface area contributed by atoms with Crippen molar-refractivity contribution in [1.82, 2.24) is 20.1 Å². The molecule has 5 nitrogen and oxygen atoms in total. The van der Waals surface area contributed by atoms with Gasteiger partial charge < -0.3 is 10.3 Å². The van der Waals surface area contributed by atoms with E-state index in [9.17, 15) is 53.1 Å². The predicted molar refractivity (Wildman–Crippen MR) is 107 cm³/mol. The molecule has 2 aliphatic rings. The molecule has 2 heterocycles. The standard InChI is InChI=1S/C21H17F11N4O/c1-35-7-9(33-17(37)36(8-18(22,23)24)21(31,32)20(28,29)30)5-11-10-3-2-4-13-15(10)12(6-14(11)35)16(34-13)19(25,26)27/h2-5,9,14,34H,6-8H2,1H3,(H,33,37). The number of hydrogen-bond acceptors (Lipinski definition) is 2. The van der Waals surface area contributed by atoms with Crippen LogP contribution in [0.1, 0.15) is 16.8 Å². The minimum Gasteiger partial charge on any atom is -0.351 e. The predicted octanol–water partition coefficient (Wildman–Crippen LogP) is 5.54. The highest BCUT2D eigenvalue weighted by molar-refractivity contribution is 5.99. The number of hydrogen-bond donors (Lipinski definition) is 2. The fourth-order valence-electron chi connectivity index (χ4n) is 4.74. The molecule has 1 aliphatic carbocycles. The van der Waals surface area contributed by atoms with Gasteiger partial charge in [-0.2, -0.15) is 48.3 Å². The smallest absolute Gasteiger partial charge is 0.351 e. The lowest BCUT2D eigenvalue weighted by molar-refractivity contribution is -0.338. The van der Waals surface area contributed by atoms with Crippen LogP contribution in [0.3, 0.4) is 0 Å². The molecule has 2 aromatic rings. The van der Waals surface area contributed by atoms with Crippen molar-refractivity contribution in [3.05, 3.63) is 41.1 Å². The number of benzene rings is 1. The van der Waals surface area contributed by atoms with Crippen molar-refractivity contribution in [1.29, 1.82) is 0 Å². The fourth-order valence-corrected chi connectivity index (χ4v) is 4.74. The van der Waals surface area contributed by atoms with Crippen molar-refractivity contribution in [2.75, 3.05) is 20.1 Å². The van der Waals surface area contributed by atoms with Crippen LogP contribution < -0.4 is 5.32 Å². The summed E-state index contributed by atoms with van der Waals surface area (Å²) in [7, 11) is 1.42. The number of amides is 2. The summed E-state index contributed by atoms with van der Waals surface area (Å²) in [5.74, 6) is 0. The van der Waals surface area contributed by atoms with E-state index in [1.807, 2.05) is 0 Å². The summed E-state index contributed by atoms with van der Waals surface area (Å²) in [4.78, 5) is 14.4. The largest absolute Gasteiger partial charge is 0.475 e. The second-order valence-corrected chi connectivity index (χ2v) is 8.78.